The minimum Gasteiger partial charge on any atom is -0.312 e. The van der Waals surface area contributed by atoms with E-state index in [1.807, 2.05) is 11.8 Å². The lowest BCUT2D eigenvalue weighted by molar-refractivity contribution is 0.732. The van der Waals surface area contributed by atoms with E-state index in [-0.39, 0.29) is 0 Å². The zero-order valence-electron chi connectivity index (χ0n) is 10.1. The Balaban J connectivity index is 1.65. The van der Waals surface area contributed by atoms with Crippen LogP contribution in [0.5, 0.6) is 0 Å². The van der Waals surface area contributed by atoms with Gasteiger partial charge in [-0.2, -0.15) is 0 Å². The van der Waals surface area contributed by atoms with Crippen LogP contribution in [0.4, 0.5) is 0 Å². The molecule has 0 saturated heterocycles. The fraction of sp³-hybridized carbons (Fsp3) is 0.200. The van der Waals surface area contributed by atoms with Crippen LogP contribution >= 0.6 is 27.7 Å². The quantitative estimate of drug-likeness (QED) is 0.627. The third-order valence-electron chi connectivity index (χ3n) is 2.51. The molecule has 18 heavy (non-hydrogen) atoms. The molecule has 94 valence electrons. The number of rotatable bonds is 6. The molecule has 0 aliphatic heterocycles. The van der Waals surface area contributed by atoms with Gasteiger partial charge in [0.25, 0.3) is 0 Å². The van der Waals surface area contributed by atoms with E-state index >= 15 is 0 Å². The van der Waals surface area contributed by atoms with Crippen molar-refractivity contribution >= 4 is 27.7 Å². The first-order chi connectivity index (χ1) is 8.84. The average molecular weight is 322 g/mol. The molecule has 2 aromatic carbocycles. The first kappa shape index (κ1) is 13.7. The van der Waals surface area contributed by atoms with Crippen molar-refractivity contribution in [2.45, 2.75) is 11.4 Å². The Morgan fingerprint density at radius 3 is 2.61 bits per heavy atom. The Kier molecular flexibility index (Phi) is 5.78. The van der Waals surface area contributed by atoms with Crippen molar-refractivity contribution in [2.75, 3.05) is 12.3 Å². The summed E-state index contributed by atoms with van der Waals surface area (Å²) in [5, 5.41) is 3.46. The van der Waals surface area contributed by atoms with E-state index in [0.29, 0.717) is 0 Å². The van der Waals surface area contributed by atoms with Crippen molar-refractivity contribution in [3.63, 3.8) is 0 Å². The Morgan fingerprint density at radius 2 is 1.83 bits per heavy atom. The highest BCUT2D eigenvalue weighted by Crippen LogP contribution is 2.16. The minimum atomic E-state index is 0.925. The van der Waals surface area contributed by atoms with Gasteiger partial charge in [0.2, 0.25) is 0 Å². The second-order valence-electron chi connectivity index (χ2n) is 3.97. The standard InChI is InChI=1S/C15H16BrNS/c16-14-6-4-5-13(11-14)12-17-9-10-18-15-7-2-1-3-8-15/h1-8,11,17H,9-10,12H2. The number of nitrogens with one attached hydrogen (secondary N) is 1. The second-order valence-corrected chi connectivity index (χ2v) is 6.05. The number of benzene rings is 2. The smallest absolute Gasteiger partial charge is 0.0206 e. The molecule has 0 bridgehead atoms. The lowest BCUT2D eigenvalue weighted by atomic mass is 10.2. The summed E-state index contributed by atoms with van der Waals surface area (Å²) in [6, 6.07) is 18.9. The topological polar surface area (TPSA) is 12.0 Å². The molecule has 2 aromatic rings. The molecule has 0 unspecified atom stereocenters. The van der Waals surface area contributed by atoms with Gasteiger partial charge in [-0.15, -0.1) is 11.8 Å². The summed E-state index contributed by atoms with van der Waals surface area (Å²) in [5.41, 5.74) is 1.31. The van der Waals surface area contributed by atoms with Gasteiger partial charge in [-0.3, -0.25) is 0 Å². The van der Waals surface area contributed by atoms with Gasteiger partial charge in [0.1, 0.15) is 0 Å². The maximum absolute atomic E-state index is 3.48. The van der Waals surface area contributed by atoms with Crippen molar-refractivity contribution in [1.29, 1.82) is 0 Å². The molecule has 3 heteroatoms. The first-order valence-corrected chi connectivity index (χ1v) is 7.75. The molecule has 1 N–H and O–H groups in total. The molecule has 0 aliphatic carbocycles. The van der Waals surface area contributed by atoms with Crippen LogP contribution in [-0.2, 0) is 6.54 Å². The van der Waals surface area contributed by atoms with Crippen LogP contribution in [0.25, 0.3) is 0 Å². The van der Waals surface area contributed by atoms with Gasteiger partial charge < -0.3 is 5.32 Å². The maximum Gasteiger partial charge on any atom is 0.0206 e. The number of hydrogen-bond donors (Lipinski definition) is 1. The molecule has 1 nitrogen and oxygen atoms in total. The lowest BCUT2D eigenvalue weighted by Gasteiger charge is -2.05. The molecule has 0 aromatic heterocycles. The van der Waals surface area contributed by atoms with E-state index in [1.165, 1.54) is 10.5 Å². The van der Waals surface area contributed by atoms with E-state index in [4.69, 9.17) is 0 Å². The zero-order chi connectivity index (χ0) is 12.6. The fourth-order valence-electron chi connectivity index (χ4n) is 1.64. The van der Waals surface area contributed by atoms with Gasteiger partial charge >= 0.3 is 0 Å². The summed E-state index contributed by atoms with van der Waals surface area (Å²) in [6.07, 6.45) is 0. The molecule has 0 saturated carbocycles. The number of thioether (sulfide) groups is 1. The molecule has 0 aliphatic rings. The largest absolute Gasteiger partial charge is 0.312 e. The van der Waals surface area contributed by atoms with E-state index in [2.05, 4.69) is 75.8 Å². The van der Waals surface area contributed by atoms with Crippen molar-refractivity contribution in [1.82, 2.24) is 5.32 Å². The summed E-state index contributed by atoms with van der Waals surface area (Å²) in [4.78, 5) is 1.33. The molecule has 0 fully saturated rings. The van der Waals surface area contributed by atoms with Crippen molar-refractivity contribution < 1.29 is 0 Å². The van der Waals surface area contributed by atoms with Crippen LogP contribution in [-0.4, -0.2) is 12.3 Å². The molecule has 0 heterocycles. The van der Waals surface area contributed by atoms with Crippen LogP contribution in [0.1, 0.15) is 5.56 Å². The summed E-state index contributed by atoms with van der Waals surface area (Å²) >= 11 is 5.37. The van der Waals surface area contributed by atoms with Gasteiger partial charge in [-0.05, 0) is 29.8 Å². The Hall–Kier alpha value is -0.770. The van der Waals surface area contributed by atoms with Gasteiger partial charge in [-0.25, -0.2) is 0 Å². The van der Waals surface area contributed by atoms with Gasteiger partial charge in [0, 0.05) is 28.2 Å². The molecular weight excluding hydrogens is 306 g/mol. The second kappa shape index (κ2) is 7.62. The maximum atomic E-state index is 3.48. The molecule has 0 amide bonds. The van der Waals surface area contributed by atoms with Gasteiger partial charge in [0.15, 0.2) is 0 Å². The highest BCUT2D eigenvalue weighted by Gasteiger charge is 1.95. The zero-order valence-corrected chi connectivity index (χ0v) is 12.5. The third-order valence-corrected chi connectivity index (χ3v) is 4.02. The summed E-state index contributed by atoms with van der Waals surface area (Å²) in [7, 11) is 0. The Morgan fingerprint density at radius 1 is 1.00 bits per heavy atom. The average Bonchev–Trinajstić information content (AvgIpc) is 2.40. The van der Waals surface area contributed by atoms with Crippen LogP contribution in [0, 0.1) is 0 Å². The molecule has 0 atom stereocenters. The summed E-state index contributed by atoms with van der Waals surface area (Å²) < 4.78 is 1.14. The van der Waals surface area contributed by atoms with Gasteiger partial charge in [-0.1, -0.05) is 46.3 Å². The van der Waals surface area contributed by atoms with Crippen molar-refractivity contribution in [3.05, 3.63) is 64.6 Å². The van der Waals surface area contributed by atoms with Crippen LogP contribution in [0.3, 0.4) is 0 Å². The summed E-state index contributed by atoms with van der Waals surface area (Å²) in [6.45, 7) is 1.95. The molecule has 2 rings (SSSR count). The van der Waals surface area contributed by atoms with Crippen LogP contribution < -0.4 is 5.32 Å². The molecule has 0 radical (unpaired) electrons. The van der Waals surface area contributed by atoms with E-state index < -0.39 is 0 Å². The normalized spacial score (nSPS) is 10.5. The predicted molar refractivity (Wildman–Crippen MR) is 83.0 cm³/mol. The van der Waals surface area contributed by atoms with E-state index in [1.54, 1.807) is 0 Å². The molecule has 0 spiro atoms. The van der Waals surface area contributed by atoms with Crippen LogP contribution in [0.15, 0.2) is 64.0 Å². The van der Waals surface area contributed by atoms with E-state index in [0.717, 1.165) is 23.3 Å². The number of halogens is 1. The highest BCUT2D eigenvalue weighted by molar-refractivity contribution is 9.10. The minimum absolute atomic E-state index is 0.925. The monoisotopic (exact) mass is 321 g/mol. The Labute approximate surface area is 121 Å². The van der Waals surface area contributed by atoms with Crippen molar-refractivity contribution in [3.8, 4) is 0 Å². The number of hydrogen-bond acceptors (Lipinski definition) is 2. The van der Waals surface area contributed by atoms with Crippen molar-refractivity contribution in [2.24, 2.45) is 0 Å². The lowest BCUT2D eigenvalue weighted by Crippen LogP contribution is -2.16. The van der Waals surface area contributed by atoms with Gasteiger partial charge in [0.05, 0.1) is 0 Å². The highest BCUT2D eigenvalue weighted by atomic mass is 79.9. The van der Waals surface area contributed by atoms with E-state index in [9.17, 15) is 0 Å². The fourth-order valence-corrected chi connectivity index (χ4v) is 2.92. The Bertz CT molecular complexity index is 473. The van der Waals surface area contributed by atoms with Crippen LogP contribution in [0.2, 0.25) is 0 Å². The predicted octanol–water partition coefficient (Wildman–Crippen LogP) is 4.33. The first-order valence-electron chi connectivity index (χ1n) is 5.97. The SMILES string of the molecule is Brc1cccc(CNCCSc2ccccc2)c1. The molecular formula is C15H16BrNS. The summed E-state index contributed by atoms with van der Waals surface area (Å²) in [5.74, 6) is 1.10. The third kappa shape index (κ3) is 4.84.